The topological polar surface area (TPSA) is 371 Å². The van der Waals surface area contributed by atoms with Crippen molar-refractivity contribution < 1.29 is 114 Å². The van der Waals surface area contributed by atoms with E-state index in [1.807, 2.05) is 0 Å². The number of fused-ring (bicyclic) bond motifs is 7. The zero-order valence-corrected chi connectivity index (χ0v) is 44.4. The highest BCUT2D eigenvalue weighted by Crippen LogP contribution is 2.76. The summed E-state index contributed by atoms with van der Waals surface area (Å²) in [6, 6.07) is 0. The van der Waals surface area contributed by atoms with Crippen molar-refractivity contribution in [3.8, 4) is 0 Å². The molecule has 0 radical (unpaired) electrons. The maximum absolute atomic E-state index is 15.0. The highest BCUT2D eigenvalue weighted by atomic mass is 16.8. The minimum Gasteiger partial charge on any atom is -0.479 e. The standard InChI is InChI=1S/C53H84O23/c1-48(2)14-16-53(47(68)76-45-37(63)34(60)32(58)26(72-45)21-70-43-35(61)30(56)24(55)20-69-43)17-15-51(6)22(23(53)18-48)8-9-28-50(5)12-11-29(49(3,4)27(50)10-13-52(28,51)7)73-46-39(65)40(38(64)41(75-46)42(66)67)74-44-36(62)33(59)31(57)25(19-54)71-44/h8,23-41,43-46,54-65H,9-21H2,1-7H3,(H,66,67)/t23-,24+,25+,26+,27-,28+,29-,30-,31+,32+,33-,34-,35+,36+,37+,38-,39+,40-,41-,43-,44-,45-,46+,50-,51+,52+,53-/m0/s1. The summed E-state index contributed by atoms with van der Waals surface area (Å²) in [6.45, 7) is 14.1. The zero-order valence-electron chi connectivity index (χ0n) is 44.4. The molecule has 23 heteroatoms. The number of hydrogen-bond acceptors (Lipinski definition) is 22. The maximum Gasteiger partial charge on any atom is 0.335 e. The third kappa shape index (κ3) is 9.52. The van der Waals surface area contributed by atoms with Gasteiger partial charge < -0.3 is 104 Å². The lowest BCUT2D eigenvalue weighted by Crippen LogP contribution is -2.67. The molecule has 9 rings (SSSR count). The van der Waals surface area contributed by atoms with Crippen LogP contribution in [0.2, 0.25) is 0 Å². The number of allylic oxidation sites excluding steroid dienone is 2. The fourth-order valence-electron chi connectivity index (χ4n) is 16.1. The van der Waals surface area contributed by atoms with E-state index in [0.717, 1.165) is 25.7 Å². The van der Waals surface area contributed by atoms with Crippen molar-refractivity contribution in [3.63, 3.8) is 0 Å². The van der Waals surface area contributed by atoms with Crippen LogP contribution in [0.3, 0.4) is 0 Å². The molecule has 8 fully saturated rings. The number of rotatable bonds is 11. The molecule has 0 aromatic carbocycles. The number of aliphatic carboxylic acids is 1. The Morgan fingerprint density at radius 2 is 1.25 bits per heavy atom. The molecule has 4 aliphatic heterocycles. The number of carbonyl (C=O) groups excluding carboxylic acids is 1. The molecule has 0 amide bonds. The number of aliphatic hydroxyl groups is 12. The number of ether oxygens (including phenoxy) is 8. The molecule has 0 spiro atoms. The van der Waals surface area contributed by atoms with Crippen molar-refractivity contribution in [2.75, 3.05) is 19.8 Å². The number of carboxylic acid groups (broad SMARTS) is 1. The van der Waals surface area contributed by atoms with Crippen molar-refractivity contribution >= 4 is 11.9 Å². The smallest absolute Gasteiger partial charge is 0.335 e. The summed E-state index contributed by atoms with van der Waals surface area (Å²) in [6.07, 6.45) is -23.7. The quantitative estimate of drug-likeness (QED) is 0.0649. The highest BCUT2D eigenvalue weighted by molar-refractivity contribution is 5.79. The number of carbonyl (C=O) groups is 2. The molecule has 4 saturated carbocycles. The van der Waals surface area contributed by atoms with Gasteiger partial charge in [0.15, 0.2) is 25.0 Å². The Bertz CT molecular complexity index is 2140. The van der Waals surface area contributed by atoms with E-state index in [2.05, 4.69) is 54.5 Å². The van der Waals surface area contributed by atoms with Crippen molar-refractivity contribution in [1.29, 1.82) is 0 Å². The van der Waals surface area contributed by atoms with E-state index >= 15 is 4.79 Å². The van der Waals surface area contributed by atoms with Gasteiger partial charge in [0.05, 0.1) is 31.3 Å². The fraction of sp³-hybridized carbons (Fsp3) is 0.925. The van der Waals surface area contributed by atoms with Crippen molar-refractivity contribution in [2.24, 2.45) is 50.2 Å². The van der Waals surface area contributed by atoms with E-state index in [4.69, 9.17) is 37.9 Å². The van der Waals surface area contributed by atoms with Crippen molar-refractivity contribution in [2.45, 2.75) is 235 Å². The van der Waals surface area contributed by atoms with Gasteiger partial charge in [0.2, 0.25) is 6.29 Å². The first-order valence-electron chi connectivity index (χ1n) is 27.2. The highest BCUT2D eigenvalue weighted by Gasteiger charge is 2.70. The molecule has 76 heavy (non-hydrogen) atoms. The number of aliphatic hydroxyl groups excluding tert-OH is 12. The number of hydrogen-bond donors (Lipinski definition) is 13. The van der Waals surface area contributed by atoms with Crippen LogP contribution in [-0.2, 0) is 47.5 Å². The summed E-state index contributed by atoms with van der Waals surface area (Å²) in [5.74, 6) is -2.14. The van der Waals surface area contributed by atoms with Gasteiger partial charge in [-0.3, -0.25) is 4.79 Å². The predicted octanol–water partition coefficient (Wildman–Crippen LogP) is -1.30. The first-order valence-corrected chi connectivity index (χ1v) is 27.2. The van der Waals surface area contributed by atoms with Gasteiger partial charge in [-0.15, -0.1) is 0 Å². The lowest BCUT2D eigenvalue weighted by atomic mass is 9.33. The van der Waals surface area contributed by atoms with Crippen LogP contribution in [0, 0.1) is 50.2 Å². The molecule has 0 unspecified atom stereocenters. The summed E-state index contributed by atoms with van der Waals surface area (Å²) in [5.41, 5.74) is -1.36. The van der Waals surface area contributed by atoms with E-state index in [1.165, 1.54) is 5.57 Å². The van der Waals surface area contributed by atoms with Crippen LogP contribution in [0.5, 0.6) is 0 Å². The average molecular weight is 1090 g/mol. The van der Waals surface area contributed by atoms with Crippen molar-refractivity contribution in [1.82, 2.24) is 0 Å². The summed E-state index contributed by atoms with van der Waals surface area (Å²) in [7, 11) is 0. The monoisotopic (exact) mass is 1090 g/mol. The molecule has 0 aromatic heterocycles. The summed E-state index contributed by atoms with van der Waals surface area (Å²) >= 11 is 0. The van der Waals surface area contributed by atoms with Gasteiger partial charge in [0.1, 0.15) is 85.5 Å². The van der Waals surface area contributed by atoms with Gasteiger partial charge in [0, 0.05) is 0 Å². The SMILES string of the molecule is CC1(C)CC[C@]2(C(=O)O[C@@H]3O[C@H](CO[C@@H]4OC[C@@H](O)[C@H](O)[C@H]4O)[C@@H](O)[C@H](O)[C@H]3O)CC[C@]3(C)C(=CC[C@@H]4[C@@]5(C)CC[C@H](O[C@@H]6O[C@H](C(=O)O)[C@@H](O)[C@H](O[C@@H]7O[C@H](CO)[C@@H](O)[C@H](O)[C@H]7O)[C@H]6O)C(C)(C)[C@@H]5CC[C@]43C)[C@@H]2C1. The van der Waals surface area contributed by atoms with Gasteiger partial charge in [-0.2, -0.15) is 0 Å². The van der Waals surface area contributed by atoms with Gasteiger partial charge in [0.25, 0.3) is 0 Å². The summed E-state index contributed by atoms with van der Waals surface area (Å²) in [4.78, 5) is 27.5. The molecular formula is C53H84O23. The second-order valence-electron chi connectivity index (χ2n) is 25.9. The normalized spacial score (nSPS) is 52.9. The van der Waals surface area contributed by atoms with Gasteiger partial charge in [-0.25, -0.2) is 4.79 Å². The van der Waals surface area contributed by atoms with Crippen LogP contribution in [0.4, 0.5) is 0 Å². The van der Waals surface area contributed by atoms with E-state index in [9.17, 15) is 71.2 Å². The molecule has 4 heterocycles. The minimum atomic E-state index is -1.99. The largest absolute Gasteiger partial charge is 0.479 e. The Balaban J connectivity index is 0.922. The van der Waals surface area contributed by atoms with Gasteiger partial charge >= 0.3 is 11.9 Å². The van der Waals surface area contributed by atoms with Crippen LogP contribution in [0.1, 0.15) is 113 Å². The average Bonchev–Trinajstić information content (AvgIpc) is 3.38. The molecule has 23 nitrogen and oxygen atoms in total. The molecule has 9 aliphatic rings. The maximum atomic E-state index is 15.0. The van der Waals surface area contributed by atoms with E-state index in [-0.39, 0.29) is 46.0 Å². The van der Waals surface area contributed by atoms with E-state index in [0.29, 0.717) is 38.5 Å². The van der Waals surface area contributed by atoms with Gasteiger partial charge in [-0.1, -0.05) is 60.1 Å². The summed E-state index contributed by atoms with van der Waals surface area (Å²) < 4.78 is 46.6. The lowest BCUT2D eigenvalue weighted by Gasteiger charge is -2.71. The Kier molecular flexibility index (Phi) is 16.2. The molecule has 5 aliphatic carbocycles. The molecule has 13 N–H and O–H groups in total. The van der Waals surface area contributed by atoms with Crippen LogP contribution in [-0.4, -0.2) is 221 Å². The Morgan fingerprint density at radius 1 is 0.632 bits per heavy atom. The first kappa shape index (κ1) is 58.6. The Hall–Kier alpha value is -2.08. The van der Waals surface area contributed by atoms with Crippen LogP contribution < -0.4 is 0 Å². The molecule has 27 atom stereocenters. The second kappa shape index (κ2) is 21.0. The second-order valence-corrected chi connectivity index (χ2v) is 25.9. The third-order valence-corrected chi connectivity index (χ3v) is 21.0. The molecule has 4 saturated heterocycles. The summed E-state index contributed by atoms with van der Waals surface area (Å²) in [5, 5.41) is 138. The van der Waals surface area contributed by atoms with E-state index in [1.54, 1.807) is 0 Å². The molecular weight excluding hydrogens is 1000 g/mol. The molecule has 434 valence electrons. The Labute approximate surface area is 442 Å². The minimum absolute atomic E-state index is 0.0640. The van der Waals surface area contributed by atoms with Crippen molar-refractivity contribution in [3.05, 3.63) is 11.6 Å². The van der Waals surface area contributed by atoms with Crippen LogP contribution in [0.15, 0.2) is 11.6 Å². The first-order chi connectivity index (χ1) is 35.5. The third-order valence-electron chi connectivity index (χ3n) is 21.0. The predicted molar refractivity (Wildman–Crippen MR) is 257 cm³/mol. The lowest BCUT2D eigenvalue weighted by molar-refractivity contribution is -0.365. The van der Waals surface area contributed by atoms with Crippen LogP contribution >= 0.6 is 0 Å². The number of esters is 1. The Morgan fingerprint density at radius 3 is 1.92 bits per heavy atom. The number of carboxylic acids is 1. The fourth-order valence-corrected chi connectivity index (χ4v) is 16.1. The van der Waals surface area contributed by atoms with Crippen LogP contribution in [0.25, 0.3) is 0 Å². The molecule has 0 bridgehead atoms. The molecule has 0 aromatic rings. The van der Waals surface area contributed by atoms with E-state index < -0.39 is 159 Å². The van der Waals surface area contributed by atoms with Gasteiger partial charge in [-0.05, 0) is 109 Å². The zero-order chi connectivity index (χ0) is 55.6.